The number of aryl methyl sites for hydroxylation is 1. The molecule has 2 N–H and O–H groups in total. The zero-order chi connectivity index (χ0) is 14.9. The van der Waals surface area contributed by atoms with Gasteiger partial charge in [0.2, 0.25) is 5.91 Å². The summed E-state index contributed by atoms with van der Waals surface area (Å²) in [6.45, 7) is 3.35. The summed E-state index contributed by atoms with van der Waals surface area (Å²) in [4.78, 5) is 15.2. The van der Waals surface area contributed by atoms with Crippen LogP contribution >= 0.6 is 0 Å². The molecule has 0 atom stereocenters. The Bertz CT molecular complexity index is 516. The molecule has 1 amide bonds. The van der Waals surface area contributed by atoms with Crippen LogP contribution < -0.4 is 5.73 Å². The highest BCUT2D eigenvalue weighted by Gasteiger charge is 2.45. The first-order valence-corrected chi connectivity index (χ1v) is 8.21. The molecule has 0 unspecified atom stereocenters. The molecule has 0 bridgehead atoms. The van der Waals surface area contributed by atoms with Crippen LogP contribution in [-0.4, -0.2) is 23.4 Å². The Morgan fingerprint density at radius 2 is 2.05 bits per heavy atom. The van der Waals surface area contributed by atoms with E-state index in [9.17, 15) is 4.79 Å². The number of nitrogens with zero attached hydrogens (tertiary/aromatic N) is 1. The summed E-state index contributed by atoms with van der Waals surface area (Å²) in [5, 5.41) is 0. The Hall–Kier alpha value is -1.35. The summed E-state index contributed by atoms with van der Waals surface area (Å²) >= 11 is 0. The molecule has 114 valence electrons. The average Bonchev–Trinajstić information content (AvgIpc) is 3.21. The maximum Gasteiger partial charge on any atom is 0.230 e. The Kier molecular flexibility index (Phi) is 4.03. The first-order valence-electron chi connectivity index (χ1n) is 8.21. The molecule has 0 heterocycles. The van der Waals surface area contributed by atoms with Crippen LogP contribution in [0.15, 0.2) is 24.3 Å². The van der Waals surface area contributed by atoms with Crippen molar-refractivity contribution in [2.75, 3.05) is 6.54 Å². The number of rotatable bonds is 5. The second-order valence-corrected chi connectivity index (χ2v) is 6.84. The van der Waals surface area contributed by atoms with E-state index in [1.165, 1.54) is 11.1 Å². The zero-order valence-electron chi connectivity index (χ0n) is 13.0. The molecule has 21 heavy (non-hydrogen) atoms. The maximum absolute atomic E-state index is 13.1. The Morgan fingerprint density at radius 3 is 2.62 bits per heavy atom. The van der Waals surface area contributed by atoms with Gasteiger partial charge in [0.25, 0.3) is 0 Å². The molecule has 3 rings (SSSR count). The van der Waals surface area contributed by atoms with E-state index in [0.717, 1.165) is 45.1 Å². The SMILES string of the molecule is Cc1cccc(CN(C(=O)C2(CN)CCCC2)C2CC2)c1. The minimum Gasteiger partial charge on any atom is -0.335 e. The van der Waals surface area contributed by atoms with Crippen molar-refractivity contribution in [3.8, 4) is 0 Å². The largest absolute Gasteiger partial charge is 0.335 e. The van der Waals surface area contributed by atoms with E-state index in [0.29, 0.717) is 18.5 Å². The van der Waals surface area contributed by atoms with Crippen molar-refractivity contribution in [3.05, 3.63) is 35.4 Å². The van der Waals surface area contributed by atoms with E-state index >= 15 is 0 Å². The van der Waals surface area contributed by atoms with Crippen LogP contribution in [0.25, 0.3) is 0 Å². The van der Waals surface area contributed by atoms with Gasteiger partial charge < -0.3 is 10.6 Å². The third kappa shape index (κ3) is 2.98. The van der Waals surface area contributed by atoms with Crippen molar-refractivity contribution in [1.29, 1.82) is 0 Å². The third-order valence-corrected chi connectivity index (χ3v) is 5.09. The highest BCUT2D eigenvalue weighted by molar-refractivity contribution is 5.84. The molecule has 1 aromatic carbocycles. The van der Waals surface area contributed by atoms with Gasteiger partial charge in [-0.2, -0.15) is 0 Å². The van der Waals surface area contributed by atoms with Crippen molar-refractivity contribution in [1.82, 2.24) is 4.90 Å². The fraction of sp³-hybridized carbons (Fsp3) is 0.611. The number of amides is 1. The molecular weight excluding hydrogens is 260 g/mol. The number of hydrogen-bond acceptors (Lipinski definition) is 2. The average molecular weight is 286 g/mol. The lowest BCUT2D eigenvalue weighted by Crippen LogP contribution is -2.47. The fourth-order valence-corrected chi connectivity index (χ4v) is 3.62. The van der Waals surface area contributed by atoms with E-state index in [1.807, 2.05) is 0 Å². The highest BCUT2D eigenvalue weighted by atomic mass is 16.2. The lowest BCUT2D eigenvalue weighted by molar-refractivity contribution is -0.142. The monoisotopic (exact) mass is 286 g/mol. The third-order valence-electron chi connectivity index (χ3n) is 5.09. The smallest absolute Gasteiger partial charge is 0.230 e. The van der Waals surface area contributed by atoms with Gasteiger partial charge in [0.15, 0.2) is 0 Å². The number of carbonyl (C=O) groups excluding carboxylic acids is 1. The van der Waals surface area contributed by atoms with Gasteiger partial charge in [-0.3, -0.25) is 4.79 Å². The molecule has 0 aromatic heterocycles. The van der Waals surface area contributed by atoms with Gasteiger partial charge in [-0.05, 0) is 38.2 Å². The molecule has 3 nitrogen and oxygen atoms in total. The van der Waals surface area contributed by atoms with Crippen LogP contribution in [0.3, 0.4) is 0 Å². The van der Waals surface area contributed by atoms with Crippen molar-refractivity contribution in [2.24, 2.45) is 11.1 Å². The molecule has 3 heteroatoms. The second-order valence-electron chi connectivity index (χ2n) is 6.84. The summed E-state index contributed by atoms with van der Waals surface area (Å²) in [5.41, 5.74) is 8.22. The normalized spacial score (nSPS) is 20.5. The number of benzene rings is 1. The van der Waals surface area contributed by atoms with Crippen LogP contribution in [0.1, 0.15) is 49.7 Å². The Labute approximate surface area is 127 Å². The van der Waals surface area contributed by atoms with E-state index in [-0.39, 0.29) is 5.41 Å². The lowest BCUT2D eigenvalue weighted by atomic mass is 9.84. The molecule has 2 aliphatic carbocycles. The maximum atomic E-state index is 13.1. The molecule has 0 spiro atoms. The second kappa shape index (κ2) is 5.80. The van der Waals surface area contributed by atoms with Crippen molar-refractivity contribution >= 4 is 5.91 Å². The first kappa shape index (κ1) is 14.6. The summed E-state index contributed by atoms with van der Waals surface area (Å²) < 4.78 is 0. The first-order chi connectivity index (χ1) is 10.1. The van der Waals surface area contributed by atoms with Crippen molar-refractivity contribution < 1.29 is 4.79 Å². The van der Waals surface area contributed by atoms with Gasteiger partial charge in [-0.25, -0.2) is 0 Å². The van der Waals surface area contributed by atoms with Gasteiger partial charge in [0, 0.05) is 19.1 Å². The summed E-state index contributed by atoms with van der Waals surface area (Å²) in [6, 6.07) is 8.94. The molecular formula is C18H26N2O. The van der Waals surface area contributed by atoms with E-state index in [2.05, 4.69) is 36.1 Å². The molecule has 0 saturated heterocycles. The Morgan fingerprint density at radius 1 is 1.33 bits per heavy atom. The quantitative estimate of drug-likeness (QED) is 0.904. The van der Waals surface area contributed by atoms with Crippen LogP contribution in [-0.2, 0) is 11.3 Å². The topological polar surface area (TPSA) is 46.3 Å². The zero-order valence-corrected chi connectivity index (χ0v) is 13.0. The molecule has 0 radical (unpaired) electrons. The molecule has 2 fully saturated rings. The van der Waals surface area contributed by atoms with Crippen LogP contribution in [0.2, 0.25) is 0 Å². The van der Waals surface area contributed by atoms with Gasteiger partial charge in [-0.1, -0.05) is 42.7 Å². The van der Waals surface area contributed by atoms with Gasteiger partial charge >= 0.3 is 0 Å². The molecule has 2 saturated carbocycles. The predicted octanol–water partition coefficient (Wildman–Crippen LogP) is 3.01. The van der Waals surface area contributed by atoms with Gasteiger partial charge in [0.05, 0.1) is 5.41 Å². The van der Waals surface area contributed by atoms with Gasteiger partial charge in [-0.15, -0.1) is 0 Å². The van der Waals surface area contributed by atoms with E-state index < -0.39 is 0 Å². The van der Waals surface area contributed by atoms with Crippen molar-refractivity contribution in [2.45, 2.75) is 58.0 Å². The van der Waals surface area contributed by atoms with Gasteiger partial charge in [0.1, 0.15) is 0 Å². The lowest BCUT2D eigenvalue weighted by Gasteiger charge is -2.34. The van der Waals surface area contributed by atoms with Crippen LogP contribution in [0.4, 0.5) is 0 Å². The molecule has 0 aliphatic heterocycles. The summed E-state index contributed by atoms with van der Waals surface area (Å²) in [6.07, 6.45) is 6.53. The Balaban J connectivity index is 1.79. The number of nitrogens with two attached hydrogens (primary N) is 1. The molecule has 1 aromatic rings. The summed E-state index contributed by atoms with van der Waals surface area (Å²) in [7, 11) is 0. The molecule has 2 aliphatic rings. The summed E-state index contributed by atoms with van der Waals surface area (Å²) in [5.74, 6) is 0.312. The predicted molar refractivity (Wildman–Crippen MR) is 84.7 cm³/mol. The minimum atomic E-state index is -0.271. The van der Waals surface area contributed by atoms with E-state index in [1.54, 1.807) is 0 Å². The number of hydrogen-bond donors (Lipinski definition) is 1. The minimum absolute atomic E-state index is 0.271. The fourth-order valence-electron chi connectivity index (χ4n) is 3.62. The van der Waals surface area contributed by atoms with Crippen LogP contribution in [0.5, 0.6) is 0 Å². The van der Waals surface area contributed by atoms with Crippen molar-refractivity contribution in [3.63, 3.8) is 0 Å². The number of carbonyl (C=O) groups is 1. The van der Waals surface area contributed by atoms with Crippen LogP contribution in [0, 0.1) is 12.3 Å². The highest BCUT2D eigenvalue weighted by Crippen LogP contribution is 2.41. The van der Waals surface area contributed by atoms with E-state index in [4.69, 9.17) is 5.73 Å². The standard InChI is InChI=1S/C18H26N2O/c1-14-5-4-6-15(11-14)12-20(16-7-8-16)17(21)18(13-19)9-2-3-10-18/h4-6,11,16H,2-3,7-10,12-13,19H2,1H3.